The molecule has 4 rings (SSSR count). The third-order valence-corrected chi connectivity index (χ3v) is 4.36. The molecule has 6 heteroatoms. The van der Waals surface area contributed by atoms with E-state index in [4.69, 9.17) is 9.47 Å². The number of carbonyl (C=O) groups excluding carboxylic acids is 1. The fraction of sp³-hybridized carbons (Fsp3) is 0.238. The summed E-state index contributed by atoms with van der Waals surface area (Å²) >= 11 is 0. The van der Waals surface area contributed by atoms with Crippen LogP contribution in [0.25, 0.3) is 5.69 Å². The Kier molecular flexibility index (Phi) is 4.54. The van der Waals surface area contributed by atoms with Gasteiger partial charge in [-0.25, -0.2) is 4.68 Å². The third-order valence-electron chi connectivity index (χ3n) is 4.36. The number of hydrogen-bond acceptors (Lipinski definition) is 4. The van der Waals surface area contributed by atoms with Crippen molar-refractivity contribution in [3.8, 4) is 17.2 Å². The van der Waals surface area contributed by atoms with Crippen LogP contribution in [0.4, 0.5) is 5.82 Å². The van der Waals surface area contributed by atoms with Crippen molar-refractivity contribution in [3.05, 3.63) is 65.4 Å². The van der Waals surface area contributed by atoms with Crippen molar-refractivity contribution in [2.75, 3.05) is 18.5 Å². The van der Waals surface area contributed by atoms with Crippen LogP contribution in [0, 0.1) is 13.8 Å². The van der Waals surface area contributed by atoms with Crippen LogP contribution in [0.5, 0.6) is 11.5 Å². The molecule has 3 aromatic rings. The predicted molar refractivity (Wildman–Crippen MR) is 103 cm³/mol. The number of rotatable bonds is 3. The van der Waals surface area contributed by atoms with Gasteiger partial charge in [-0.05, 0) is 44.2 Å². The standard InChI is InChI=1S/C21H21N3O3/c1-14-4-7-17(8-5-14)24-20(12-15(2)23-24)22-21(25)16-6-9-18-19(13-16)27-11-3-10-26-18/h4-9,12-13H,3,10-11H2,1-2H3,(H,22,25). The van der Waals surface area contributed by atoms with Crippen LogP contribution >= 0.6 is 0 Å². The molecule has 0 unspecified atom stereocenters. The van der Waals surface area contributed by atoms with Crippen LogP contribution in [-0.2, 0) is 0 Å². The number of benzene rings is 2. The monoisotopic (exact) mass is 363 g/mol. The van der Waals surface area contributed by atoms with Gasteiger partial charge in [0, 0.05) is 18.1 Å². The van der Waals surface area contributed by atoms with E-state index in [1.54, 1.807) is 22.9 Å². The maximum atomic E-state index is 12.8. The molecule has 27 heavy (non-hydrogen) atoms. The summed E-state index contributed by atoms with van der Waals surface area (Å²) in [6, 6.07) is 15.1. The van der Waals surface area contributed by atoms with Crippen LogP contribution < -0.4 is 14.8 Å². The molecule has 0 radical (unpaired) electrons. The molecule has 0 bridgehead atoms. The molecule has 0 aliphatic carbocycles. The molecular formula is C21H21N3O3. The SMILES string of the molecule is Cc1ccc(-n2nc(C)cc2NC(=O)c2ccc3c(c2)OCCCO3)cc1. The highest BCUT2D eigenvalue weighted by atomic mass is 16.5. The van der Waals surface area contributed by atoms with E-state index < -0.39 is 0 Å². The van der Waals surface area contributed by atoms with Crippen molar-refractivity contribution in [3.63, 3.8) is 0 Å². The van der Waals surface area contributed by atoms with E-state index in [0.29, 0.717) is 36.1 Å². The average Bonchev–Trinajstić information content (AvgIpc) is 2.88. The van der Waals surface area contributed by atoms with Gasteiger partial charge in [-0.2, -0.15) is 5.10 Å². The van der Waals surface area contributed by atoms with Crippen LogP contribution in [0.1, 0.15) is 28.0 Å². The lowest BCUT2D eigenvalue weighted by atomic mass is 10.2. The number of nitrogens with zero attached hydrogens (tertiary/aromatic N) is 2. The smallest absolute Gasteiger partial charge is 0.256 e. The van der Waals surface area contributed by atoms with Gasteiger partial charge in [0.1, 0.15) is 5.82 Å². The van der Waals surface area contributed by atoms with Gasteiger partial charge in [0.05, 0.1) is 24.6 Å². The predicted octanol–water partition coefficient (Wildman–Crippen LogP) is 3.90. The first-order valence-electron chi connectivity index (χ1n) is 8.95. The minimum absolute atomic E-state index is 0.223. The number of carbonyl (C=O) groups is 1. The molecule has 0 fully saturated rings. The van der Waals surface area contributed by atoms with Crippen LogP contribution in [0.3, 0.4) is 0 Å². The Balaban J connectivity index is 1.60. The van der Waals surface area contributed by atoms with E-state index >= 15 is 0 Å². The summed E-state index contributed by atoms with van der Waals surface area (Å²) in [5.74, 6) is 1.67. The minimum atomic E-state index is -0.223. The number of hydrogen-bond donors (Lipinski definition) is 1. The Hall–Kier alpha value is -3.28. The van der Waals surface area contributed by atoms with Gasteiger partial charge in [-0.1, -0.05) is 17.7 Å². The lowest BCUT2D eigenvalue weighted by Crippen LogP contribution is -2.15. The third kappa shape index (κ3) is 3.65. The highest BCUT2D eigenvalue weighted by Crippen LogP contribution is 2.30. The van der Waals surface area contributed by atoms with E-state index in [-0.39, 0.29) is 5.91 Å². The largest absolute Gasteiger partial charge is 0.490 e. The van der Waals surface area contributed by atoms with Gasteiger partial charge >= 0.3 is 0 Å². The Morgan fingerprint density at radius 3 is 2.52 bits per heavy atom. The number of ether oxygens (including phenoxy) is 2. The van der Waals surface area contributed by atoms with Gasteiger partial charge in [-0.15, -0.1) is 0 Å². The van der Waals surface area contributed by atoms with Crippen molar-refractivity contribution in [2.45, 2.75) is 20.3 Å². The second-order valence-corrected chi connectivity index (χ2v) is 6.58. The van der Waals surface area contributed by atoms with Gasteiger partial charge in [-0.3, -0.25) is 4.79 Å². The molecule has 0 spiro atoms. The van der Waals surface area contributed by atoms with E-state index in [0.717, 1.165) is 17.8 Å². The van der Waals surface area contributed by atoms with E-state index in [1.807, 2.05) is 44.2 Å². The van der Waals surface area contributed by atoms with Gasteiger partial charge < -0.3 is 14.8 Å². The van der Waals surface area contributed by atoms with Crippen molar-refractivity contribution in [2.24, 2.45) is 0 Å². The molecule has 6 nitrogen and oxygen atoms in total. The second-order valence-electron chi connectivity index (χ2n) is 6.58. The molecule has 0 atom stereocenters. The van der Waals surface area contributed by atoms with Crippen molar-refractivity contribution in [1.82, 2.24) is 9.78 Å². The Labute approximate surface area is 157 Å². The summed E-state index contributed by atoms with van der Waals surface area (Å²) in [7, 11) is 0. The zero-order chi connectivity index (χ0) is 18.8. The molecule has 1 N–H and O–H groups in total. The molecule has 2 aromatic carbocycles. The first-order valence-corrected chi connectivity index (χ1v) is 8.95. The van der Waals surface area contributed by atoms with Gasteiger partial charge in [0.2, 0.25) is 0 Å². The molecule has 1 aliphatic heterocycles. The number of anilines is 1. The summed E-state index contributed by atoms with van der Waals surface area (Å²) in [5, 5.41) is 7.45. The van der Waals surface area contributed by atoms with Crippen LogP contribution in [-0.4, -0.2) is 28.9 Å². The highest BCUT2D eigenvalue weighted by molar-refractivity contribution is 6.04. The molecule has 2 heterocycles. The van der Waals surface area contributed by atoms with E-state index in [2.05, 4.69) is 10.4 Å². The Morgan fingerprint density at radius 2 is 1.74 bits per heavy atom. The van der Waals surface area contributed by atoms with Crippen LogP contribution in [0.15, 0.2) is 48.5 Å². The van der Waals surface area contributed by atoms with Crippen molar-refractivity contribution < 1.29 is 14.3 Å². The fourth-order valence-electron chi connectivity index (χ4n) is 2.96. The first kappa shape index (κ1) is 17.1. The summed E-state index contributed by atoms with van der Waals surface area (Å²) in [6.45, 7) is 5.13. The maximum absolute atomic E-state index is 12.8. The van der Waals surface area contributed by atoms with Crippen molar-refractivity contribution >= 4 is 11.7 Å². The summed E-state index contributed by atoms with van der Waals surface area (Å²) in [5.41, 5.74) is 3.39. The Morgan fingerprint density at radius 1 is 1.00 bits per heavy atom. The lowest BCUT2D eigenvalue weighted by Gasteiger charge is -2.11. The number of amides is 1. The van der Waals surface area contributed by atoms with Gasteiger partial charge in [0.15, 0.2) is 11.5 Å². The summed E-state index contributed by atoms with van der Waals surface area (Å²) in [4.78, 5) is 12.8. The second kappa shape index (κ2) is 7.15. The van der Waals surface area contributed by atoms with E-state index in [1.165, 1.54) is 5.56 Å². The number of fused-ring (bicyclic) bond motifs is 1. The highest BCUT2D eigenvalue weighted by Gasteiger charge is 2.16. The zero-order valence-corrected chi connectivity index (χ0v) is 15.4. The molecule has 1 aromatic heterocycles. The lowest BCUT2D eigenvalue weighted by molar-refractivity contribution is 0.102. The number of nitrogens with one attached hydrogen (secondary N) is 1. The summed E-state index contributed by atoms with van der Waals surface area (Å²) < 4.78 is 13.0. The summed E-state index contributed by atoms with van der Waals surface area (Å²) in [6.07, 6.45) is 0.825. The Bertz CT molecular complexity index is 977. The average molecular weight is 363 g/mol. The van der Waals surface area contributed by atoms with E-state index in [9.17, 15) is 4.79 Å². The maximum Gasteiger partial charge on any atom is 0.256 e. The van der Waals surface area contributed by atoms with Crippen molar-refractivity contribution in [1.29, 1.82) is 0 Å². The quantitative estimate of drug-likeness (QED) is 0.766. The number of aromatic nitrogens is 2. The van der Waals surface area contributed by atoms with Crippen LogP contribution in [0.2, 0.25) is 0 Å². The molecule has 1 aliphatic rings. The first-order chi connectivity index (χ1) is 13.1. The topological polar surface area (TPSA) is 65.4 Å². The number of aryl methyl sites for hydroxylation is 2. The molecule has 0 saturated carbocycles. The van der Waals surface area contributed by atoms with Gasteiger partial charge in [0.25, 0.3) is 5.91 Å². The molecule has 1 amide bonds. The zero-order valence-electron chi connectivity index (χ0n) is 15.4. The molecule has 138 valence electrons. The fourth-order valence-corrected chi connectivity index (χ4v) is 2.96. The molecular weight excluding hydrogens is 342 g/mol. The molecule has 0 saturated heterocycles. The normalized spacial score (nSPS) is 13.1. The minimum Gasteiger partial charge on any atom is -0.490 e.